The molecule has 2 unspecified atom stereocenters. The highest BCUT2D eigenvalue weighted by molar-refractivity contribution is 6.30. The minimum absolute atomic E-state index is 0.119. The molecule has 90 valence electrons. The summed E-state index contributed by atoms with van der Waals surface area (Å²) in [5, 5.41) is 3.36. The van der Waals surface area contributed by atoms with Crippen LogP contribution in [-0.4, -0.2) is 13.6 Å². The van der Waals surface area contributed by atoms with Gasteiger partial charge in [0.05, 0.1) is 5.02 Å². The number of hydrogen-bond acceptors (Lipinski definition) is 2. The minimum atomic E-state index is -0.388. The molecule has 0 saturated heterocycles. The normalized spacial score (nSPS) is 14.8. The molecule has 2 nitrogen and oxygen atoms in total. The zero-order valence-corrected chi connectivity index (χ0v) is 10.4. The zero-order chi connectivity index (χ0) is 12.1. The van der Waals surface area contributed by atoms with E-state index in [-0.39, 0.29) is 16.9 Å². The molecule has 0 spiro atoms. The van der Waals surface area contributed by atoms with Gasteiger partial charge in [-0.3, -0.25) is 0 Å². The van der Waals surface area contributed by atoms with E-state index < -0.39 is 0 Å². The van der Waals surface area contributed by atoms with E-state index in [4.69, 9.17) is 17.3 Å². The molecule has 16 heavy (non-hydrogen) atoms. The van der Waals surface area contributed by atoms with Crippen molar-refractivity contribution in [1.82, 2.24) is 5.32 Å². The monoisotopic (exact) mass is 244 g/mol. The van der Waals surface area contributed by atoms with Crippen LogP contribution in [-0.2, 0) is 0 Å². The van der Waals surface area contributed by atoms with Crippen molar-refractivity contribution >= 4 is 11.6 Å². The zero-order valence-electron chi connectivity index (χ0n) is 9.63. The Hall–Kier alpha value is -0.640. The van der Waals surface area contributed by atoms with Crippen LogP contribution in [0.25, 0.3) is 0 Å². The Labute approximate surface area is 101 Å². The van der Waals surface area contributed by atoms with Gasteiger partial charge < -0.3 is 11.1 Å². The summed E-state index contributed by atoms with van der Waals surface area (Å²) in [6, 6.07) is 4.93. The van der Waals surface area contributed by atoms with Gasteiger partial charge in [-0.1, -0.05) is 31.0 Å². The molecule has 0 bridgehead atoms. The van der Waals surface area contributed by atoms with Crippen LogP contribution in [0.5, 0.6) is 0 Å². The van der Waals surface area contributed by atoms with Gasteiger partial charge in [-0.25, -0.2) is 4.39 Å². The molecule has 1 rings (SSSR count). The first-order valence-electron chi connectivity index (χ1n) is 5.46. The highest BCUT2D eigenvalue weighted by Gasteiger charge is 2.19. The van der Waals surface area contributed by atoms with Gasteiger partial charge in [-0.2, -0.15) is 0 Å². The van der Waals surface area contributed by atoms with E-state index in [9.17, 15) is 4.39 Å². The third-order valence-electron chi connectivity index (χ3n) is 2.91. The summed E-state index contributed by atoms with van der Waals surface area (Å²) >= 11 is 5.77. The van der Waals surface area contributed by atoms with E-state index in [0.29, 0.717) is 12.5 Å². The summed E-state index contributed by atoms with van der Waals surface area (Å²) in [5.74, 6) is -0.0624. The average molecular weight is 245 g/mol. The third-order valence-corrected chi connectivity index (χ3v) is 3.20. The largest absolute Gasteiger partial charge is 0.330 e. The molecule has 0 saturated carbocycles. The van der Waals surface area contributed by atoms with Gasteiger partial charge in [0.2, 0.25) is 0 Å². The van der Waals surface area contributed by atoms with Crippen LogP contribution in [0.1, 0.15) is 24.9 Å². The second-order valence-corrected chi connectivity index (χ2v) is 4.25. The predicted octanol–water partition coefficient (Wildman–Crippen LogP) is 2.72. The lowest BCUT2D eigenvalue weighted by Crippen LogP contribution is -2.30. The van der Waals surface area contributed by atoms with Crippen LogP contribution in [0.4, 0.5) is 4.39 Å². The fraction of sp³-hybridized carbons (Fsp3) is 0.500. The molecule has 0 heterocycles. The first kappa shape index (κ1) is 13.4. The first-order valence-corrected chi connectivity index (χ1v) is 5.84. The van der Waals surface area contributed by atoms with Crippen LogP contribution in [0.15, 0.2) is 18.2 Å². The third kappa shape index (κ3) is 2.94. The molecule has 1 aromatic rings. The summed E-state index contributed by atoms with van der Waals surface area (Å²) < 4.78 is 13.1. The van der Waals surface area contributed by atoms with Crippen molar-refractivity contribution in [2.45, 2.75) is 19.4 Å². The lowest BCUT2D eigenvalue weighted by Gasteiger charge is -2.25. The van der Waals surface area contributed by atoms with Gasteiger partial charge in [-0.05, 0) is 37.2 Å². The number of nitrogens with two attached hydrogens (primary N) is 1. The quantitative estimate of drug-likeness (QED) is 0.836. The van der Waals surface area contributed by atoms with Crippen LogP contribution < -0.4 is 11.1 Å². The van der Waals surface area contributed by atoms with E-state index in [1.807, 2.05) is 7.05 Å². The fourth-order valence-electron chi connectivity index (χ4n) is 1.92. The molecule has 4 heteroatoms. The maximum atomic E-state index is 13.1. The molecule has 0 fully saturated rings. The van der Waals surface area contributed by atoms with Crippen LogP contribution in [0.3, 0.4) is 0 Å². The number of halogens is 2. The summed E-state index contributed by atoms with van der Waals surface area (Å²) in [6.07, 6.45) is 0.969. The molecule has 0 aliphatic rings. The molecule has 0 amide bonds. The first-order chi connectivity index (χ1) is 7.63. The second kappa shape index (κ2) is 6.18. The van der Waals surface area contributed by atoms with Gasteiger partial charge in [0.25, 0.3) is 0 Å². The molecule has 2 atom stereocenters. The maximum absolute atomic E-state index is 13.1. The Morgan fingerprint density at radius 3 is 2.62 bits per heavy atom. The smallest absolute Gasteiger partial charge is 0.141 e. The van der Waals surface area contributed by atoms with Crippen molar-refractivity contribution in [2.75, 3.05) is 13.6 Å². The standard InChI is InChI=1S/C12H18ClFN2/c1-3-8(7-15)12(16-2)9-4-5-11(14)10(13)6-9/h4-6,8,12,16H,3,7,15H2,1-2H3. The Balaban J connectivity index is 2.98. The van der Waals surface area contributed by atoms with Gasteiger partial charge in [-0.15, -0.1) is 0 Å². The van der Waals surface area contributed by atoms with Crippen molar-refractivity contribution in [2.24, 2.45) is 11.7 Å². The number of rotatable bonds is 5. The van der Waals surface area contributed by atoms with Crippen LogP contribution >= 0.6 is 11.6 Å². The summed E-state index contributed by atoms with van der Waals surface area (Å²) in [5.41, 5.74) is 6.70. The molecular weight excluding hydrogens is 227 g/mol. The fourth-order valence-corrected chi connectivity index (χ4v) is 2.11. The lowest BCUT2D eigenvalue weighted by molar-refractivity contribution is 0.378. The van der Waals surface area contributed by atoms with Crippen LogP contribution in [0, 0.1) is 11.7 Å². The second-order valence-electron chi connectivity index (χ2n) is 3.84. The summed E-state index contributed by atoms with van der Waals surface area (Å²) in [6.45, 7) is 2.68. The molecule has 0 aliphatic carbocycles. The van der Waals surface area contributed by atoms with Crippen molar-refractivity contribution in [3.8, 4) is 0 Å². The molecule has 0 aromatic heterocycles. The van der Waals surface area contributed by atoms with Crippen LogP contribution in [0.2, 0.25) is 5.02 Å². The van der Waals surface area contributed by atoms with E-state index in [1.165, 1.54) is 6.07 Å². The Morgan fingerprint density at radius 2 is 2.19 bits per heavy atom. The molecule has 0 aliphatic heterocycles. The van der Waals surface area contributed by atoms with Crippen molar-refractivity contribution in [3.05, 3.63) is 34.6 Å². The number of hydrogen-bond donors (Lipinski definition) is 2. The Morgan fingerprint density at radius 1 is 1.50 bits per heavy atom. The van der Waals surface area contributed by atoms with E-state index >= 15 is 0 Å². The van der Waals surface area contributed by atoms with E-state index in [2.05, 4.69) is 12.2 Å². The Kier molecular flexibility index (Phi) is 5.19. The van der Waals surface area contributed by atoms with E-state index in [1.54, 1.807) is 12.1 Å². The maximum Gasteiger partial charge on any atom is 0.141 e. The molecule has 0 radical (unpaired) electrons. The lowest BCUT2D eigenvalue weighted by atomic mass is 9.91. The number of benzene rings is 1. The average Bonchev–Trinajstić information content (AvgIpc) is 2.29. The molecule has 3 N–H and O–H groups in total. The van der Waals surface area contributed by atoms with Crippen molar-refractivity contribution in [3.63, 3.8) is 0 Å². The highest BCUT2D eigenvalue weighted by Crippen LogP contribution is 2.27. The highest BCUT2D eigenvalue weighted by atomic mass is 35.5. The molecule has 1 aromatic carbocycles. The summed E-state index contributed by atoms with van der Waals surface area (Å²) in [4.78, 5) is 0. The summed E-state index contributed by atoms with van der Waals surface area (Å²) in [7, 11) is 1.88. The predicted molar refractivity (Wildman–Crippen MR) is 66.0 cm³/mol. The van der Waals surface area contributed by atoms with Gasteiger partial charge in [0.1, 0.15) is 5.82 Å². The van der Waals surface area contributed by atoms with Crippen molar-refractivity contribution in [1.29, 1.82) is 0 Å². The van der Waals surface area contributed by atoms with Crippen molar-refractivity contribution < 1.29 is 4.39 Å². The van der Waals surface area contributed by atoms with Gasteiger partial charge in [0, 0.05) is 6.04 Å². The Bertz CT molecular complexity index is 340. The van der Waals surface area contributed by atoms with Gasteiger partial charge >= 0.3 is 0 Å². The minimum Gasteiger partial charge on any atom is -0.330 e. The van der Waals surface area contributed by atoms with E-state index in [0.717, 1.165) is 12.0 Å². The topological polar surface area (TPSA) is 38.0 Å². The SMILES string of the molecule is CCC(CN)C(NC)c1ccc(F)c(Cl)c1. The molecular formula is C12H18ClFN2. The number of nitrogens with one attached hydrogen (secondary N) is 1. The van der Waals surface area contributed by atoms with Gasteiger partial charge in [0.15, 0.2) is 0 Å².